The molecule has 0 aliphatic heterocycles. The summed E-state index contributed by atoms with van der Waals surface area (Å²) in [7, 11) is 0. The molecule has 2 N–H and O–H groups in total. The topological polar surface area (TPSA) is 79.3 Å². The minimum atomic E-state index is -1.03. The van der Waals surface area contributed by atoms with Crippen LogP contribution in [0.25, 0.3) is 0 Å². The van der Waals surface area contributed by atoms with E-state index in [9.17, 15) is 9.59 Å². The van der Waals surface area contributed by atoms with Crippen molar-refractivity contribution in [1.29, 1.82) is 0 Å². The fraction of sp³-hybridized carbons (Fsp3) is 0.500. The summed E-state index contributed by atoms with van der Waals surface area (Å²) < 4.78 is 0. The van der Waals surface area contributed by atoms with E-state index in [1.807, 2.05) is 13.8 Å². The van der Waals surface area contributed by atoms with Gasteiger partial charge in [-0.1, -0.05) is 38.3 Å². The van der Waals surface area contributed by atoms with Crippen LogP contribution in [0.1, 0.15) is 49.2 Å². The molecule has 110 valence electrons. The van der Waals surface area contributed by atoms with Crippen LogP contribution >= 0.6 is 11.6 Å². The molecule has 0 fully saturated rings. The number of aryl methyl sites for hydroxylation is 1. The molecule has 0 bridgehead atoms. The van der Waals surface area contributed by atoms with Crippen molar-refractivity contribution in [2.24, 2.45) is 0 Å². The lowest BCUT2D eigenvalue weighted by molar-refractivity contribution is -0.139. The van der Waals surface area contributed by atoms with Gasteiger partial charge in [0.1, 0.15) is 11.2 Å². The molecule has 0 spiro atoms. The second kappa shape index (κ2) is 7.85. The molecule has 1 aromatic rings. The summed E-state index contributed by atoms with van der Waals surface area (Å²) >= 11 is 5.88. The lowest BCUT2D eigenvalue weighted by Gasteiger charge is -2.14. The van der Waals surface area contributed by atoms with Crippen LogP contribution < -0.4 is 5.32 Å². The Morgan fingerprint density at radius 3 is 2.60 bits per heavy atom. The van der Waals surface area contributed by atoms with Gasteiger partial charge >= 0.3 is 5.97 Å². The molecule has 1 heterocycles. The molecular weight excluding hydrogens is 280 g/mol. The Labute approximate surface area is 123 Å². The van der Waals surface area contributed by atoms with Gasteiger partial charge < -0.3 is 10.4 Å². The molecule has 20 heavy (non-hydrogen) atoms. The number of pyridine rings is 1. The van der Waals surface area contributed by atoms with Crippen LogP contribution in [-0.4, -0.2) is 28.0 Å². The van der Waals surface area contributed by atoms with Crippen LogP contribution in [0.3, 0.4) is 0 Å². The highest BCUT2D eigenvalue weighted by molar-refractivity contribution is 6.29. The highest BCUT2D eigenvalue weighted by Gasteiger charge is 2.20. The highest BCUT2D eigenvalue weighted by Crippen LogP contribution is 2.13. The third kappa shape index (κ3) is 4.81. The van der Waals surface area contributed by atoms with Gasteiger partial charge in [-0.15, -0.1) is 0 Å². The smallest absolute Gasteiger partial charge is 0.326 e. The first-order chi connectivity index (χ1) is 9.47. The van der Waals surface area contributed by atoms with E-state index in [0.29, 0.717) is 18.4 Å². The van der Waals surface area contributed by atoms with E-state index in [1.54, 1.807) is 6.07 Å². The van der Waals surface area contributed by atoms with Gasteiger partial charge in [-0.3, -0.25) is 4.79 Å². The van der Waals surface area contributed by atoms with Crippen molar-refractivity contribution in [3.8, 4) is 0 Å². The number of carboxylic acid groups (broad SMARTS) is 1. The maximum Gasteiger partial charge on any atom is 0.326 e. The Hall–Kier alpha value is -1.62. The Morgan fingerprint density at radius 2 is 2.05 bits per heavy atom. The minimum Gasteiger partial charge on any atom is -0.480 e. The number of carboxylic acids is 1. The number of carbonyl (C=O) groups excluding carboxylic acids is 1. The average molecular weight is 299 g/mol. The van der Waals surface area contributed by atoms with Gasteiger partial charge in [0.25, 0.3) is 5.91 Å². The average Bonchev–Trinajstić information content (AvgIpc) is 2.37. The second-order valence-corrected chi connectivity index (χ2v) is 4.96. The third-order valence-corrected chi connectivity index (χ3v) is 2.99. The van der Waals surface area contributed by atoms with E-state index < -0.39 is 17.9 Å². The van der Waals surface area contributed by atoms with Gasteiger partial charge in [0.2, 0.25) is 0 Å². The fourth-order valence-corrected chi connectivity index (χ4v) is 2.08. The Balaban J connectivity index is 2.88. The van der Waals surface area contributed by atoms with E-state index in [0.717, 1.165) is 18.5 Å². The molecule has 0 radical (unpaired) electrons. The predicted molar refractivity (Wildman–Crippen MR) is 77.0 cm³/mol. The van der Waals surface area contributed by atoms with E-state index in [1.165, 1.54) is 6.07 Å². The van der Waals surface area contributed by atoms with Crippen molar-refractivity contribution in [3.05, 3.63) is 28.5 Å². The third-order valence-electron chi connectivity index (χ3n) is 2.80. The maximum atomic E-state index is 12.1. The second-order valence-electron chi connectivity index (χ2n) is 4.57. The normalized spacial score (nSPS) is 11.9. The van der Waals surface area contributed by atoms with Crippen LogP contribution in [-0.2, 0) is 11.2 Å². The number of aliphatic carboxylic acids is 1. The summed E-state index contributed by atoms with van der Waals surface area (Å²) in [6.07, 6.45) is 2.68. The summed E-state index contributed by atoms with van der Waals surface area (Å²) in [4.78, 5) is 27.2. The number of aromatic nitrogens is 1. The lowest BCUT2D eigenvalue weighted by Crippen LogP contribution is -2.40. The van der Waals surface area contributed by atoms with Crippen LogP contribution in [0.15, 0.2) is 12.1 Å². The first-order valence-corrected chi connectivity index (χ1v) is 7.05. The molecule has 1 atom stereocenters. The number of nitrogens with zero attached hydrogens (tertiary/aromatic N) is 1. The number of nitrogens with one attached hydrogen (secondary N) is 1. The van der Waals surface area contributed by atoms with Gasteiger partial charge in [-0.2, -0.15) is 0 Å². The molecule has 0 saturated carbocycles. The zero-order valence-electron chi connectivity index (χ0n) is 11.6. The summed E-state index contributed by atoms with van der Waals surface area (Å²) in [6, 6.07) is 2.21. The molecular formula is C14H19ClN2O3. The van der Waals surface area contributed by atoms with Crippen molar-refractivity contribution in [3.63, 3.8) is 0 Å². The quantitative estimate of drug-likeness (QED) is 0.759. The molecule has 0 aliphatic carbocycles. The summed E-state index contributed by atoms with van der Waals surface area (Å²) in [5.74, 6) is -1.47. The Morgan fingerprint density at radius 1 is 1.35 bits per heavy atom. The molecule has 1 amide bonds. The maximum absolute atomic E-state index is 12.1. The van der Waals surface area contributed by atoms with Gasteiger partial charge in [0.05, 0.1) is 0 Å². The Kier molecular flexibility index (Phi) is 6.45. The van der Waals surface area contributed by atoms with Crippen molar-refractivity contribution in [2.75, 3.05) is 0 Å². The first-order valence-electron chi connectivity index (χ1n) is 6.68. The van der Waals surface area contributed by atoms with Gasteiger partial charge in [0, 0.05) is 11.3 Å². The summed E-state index contributed by atoms with van der Waals surface area (Å²) in [6.45, 7) is 3.87. The first kappa shape index (κ1) is 16.4. The van der Waals surface area contributed by atoms with Crippen LogP contribution in [0, 0.1) is 0 Å². The standard InChI is InChI=1S/C14H19ClN2O3/c1-3-5-10-7-9(8-12(15)16-10)13(18)17-11(6-4-2)14(19)20/h7-8,11H,3-6H2,1-2H3,(H,17,18)(H,19,20)/t11-/m1/s1. The Bertz CT molecular complexity index is 491. The van der Waals surface area contributed by atoms with E-state index >= 15 is 0 Å². The molecule has 0 saturated heterocycles. The number of amides is 1. The molecule has 0 aliphatic rings. The molecule has 0 unspecified atom stereocenters. The van der Waals surface area contributed by atoms with Gasteiger partial charge in [0.15, 0.2) is 0 Å². The van der Waals surface area contributed by atoms with Crippen LogP contribution in [0.2, 0.25) is 5.15 Å². The van der Waals surface area contributed by atoms with E-state index in [2.05, 4.69) is 10.3 Å². The predicted octanol–water partition coefficient (Wildman–Crippen LogP) is 2.67. The van der Waals surface area contributed by atoms with Crippen molar-refractivity contribution < 1.29 is 14.7 Å². The number of hydrogen-bond donors (Lipinski definition) is 2. The SMILES string of the molecule is CCCc1cc(C(=O)N[C@H](CCC)C(=O)O)cc(Cl)n1. The molecule has 1 aromatic heterocycles. The largest absolute Gasteiger partial charge is 0.480 e. The lowest BCUT2D eigenvalue weighted by atomic mass is 10.1. The number of carbonyl (C=O) groups is 2. The van der Waals surface area contributed by atoms with Gasteiger partial charge in [-0.25, -0.2) is 9.78 Å². The summed E-state index contributed by atoms with van der Waals surface area (Å²) in [5.41, 5.74) is 1.07. The van der Waals surface area contributed by atoms with Gasteiger partial charge in [-0.05, 0) is 25.0 Å². The van der Waals surface area contributed by atoms with E-state index in [-0.39, 0.29) is 5.15 Å². The fourth-order valence-electron chi connectivity index (χ4n) is 1.85. The minimum absolute atomic E-state index is 0.239. The van der Waals surface area contributed by atoms with Crippen LogP contribution in [0.4, 0.5) is 0 Å². The van der Waals surface area contributed by atoms with Crippen LogP contribution in [0.5, 0.6) is 0 Å². The molecule has 1 rings (SSSR count). The van der Waals surface area contributed by atoms with Crippen molar-refractivity contribution >= 4 is 23.5 Å². The monoisotopic (exact) mass is 298 g/mol. The zero-order valence-corrected chi connectivity index (χ0v) is 12.4. The summed E-state index contributed by atoms with van der Waals surface area (Å²) in [5, 5.41) is 11.8. The zero-order chi connectivity index (χ0) is 15.1. The van der Waals surface area contributed by atoms with E-state index in [4.69, 9.17) is 16.7 Å². The molecule has 5 nitrogen and oxygen atoms in total. The molecule has 6 heteroatoms. The number of hydrogen-bond acceptors (Lipinski definition) is 3. The number of rotatable bonds is 7. The highest BCUT2D eigenvalue weighted by atomic mass is 35.5. The van der Waals surface area contributed by atoms with Crippen molar-refractivity contribution in [1.82, 2.24) is 10.3 Å². The number of halogens is 1. The van der Waals surface area contributed by atoms with Crippen molar-refractivity contribution in [2.45, 2.75) is 45.6 Å². The molecule has 0 aromatic carbocycles.